The maximum atomic E-state index is 9.61. The molecule has 0 bridgehead atoms. The van der Waals surface area contributed by atoms with Gasteiger partial charge in [0.15, 0.2) is 0 Å². The van der Waals surface area contributed by atoms with E-state index in [2.05, 4.69) is 59.5 Å². The molecule has 0 radical (unpaired) electrons. The van der Waals surface area contributed by atoms with Crippen LogP contribution in [0.3, 0.4) is 0 Å². The van der Waals surface area contributed by atoms with Crippen LogP contribution < -0.4 is 4.90 Å². The lowest BCUT2D eigenvalue weighted by Gasteiger charge is -2.17. The number of allylic oxidation sites excluding steroid dienone is 1. The van der Waals surface area contributed by atoms with Crippen molar-refractivity contribution in [3.8, 4) is 6.07 Å². The monoisotopic (exact) mass is 324 g/mol. The molecule has 0 atom stereocenters. The summed E-state index contributed by atoms with van der Waals surface area (Å²) in [5.41, 5.74) is 4.00. The molecule has 0 aliphatic carbocycles. The number of benzene rings is 3. The minimum Gasteiger partial charge on any atom is -0.372 e. The molecule has 4 rings (SSSR count). The van der Waals surface area contributed by atoms with E-state index in [0.29, 0.717) is 5.57 Å². The topological polar surface area (TPSA) is 27.0 Å². The first-order valence-corrected chi connectivity index (χ1v) is 8.79. The minimum absolute atomic E-state index is 0.694. The predicted molar refractivity (Wildman–Crippen MR) is 105 cm³/mol. The van der Waals surface area contributed by atoms with E-state index in [1.54, 1.807) is 0 Å². The van der Waals surface area contributed by atoms with Gasteiger partial charge in [0.05, 0.1) is 11.6 Å². The summed E-state index contributed by atoms with van der Waals surface area (Å²) in [4.78, 5) is 2.42. The van der Waals surface area contributed by atoms with E-state index < -0.39 is 0 Å². The van der Waals surface area contributed by atoms with Gasteiger partial charge < -0.3 is 4.90 Å². The molecule has 2 heteroatoms. The molecule has 0 aromatic heterocycles. The highest BCUT2D eigenvalue weighted by molar-refractivity contribution is 5.94. The molecule has 3 aromatic rings. The lowest BCUT2D eigenvalue weighted by Crippen LogP contribution is -2.17. The molecule has 25 heavy (non-hydrogen) atoms. The molecule has 0 spiro atoms. The van der Waals surface area contributed by atoms with Crippen molar-refractivity contribution < 1.29 is 0 Å². The Balaban J connectivity index is 1.64. The number of hydrogen-bond acceptors (Lipinski definition) is 2. The van der Waals surface area contributed by atoms with Crippen LogP contribution in [0.1, 0.15) is 24.0 Å². The molecule has 1 heterocycles. The molecule has 0 N–H and O–H groups in total. The lowest BCUT2D eigenvalue weighted by atomic mass is 10.00. The Morgan fingerprint density at radius 1 is 0.880 bits per heavy atom. The quantitative estimate of drug-likeness (QED) is 0.469. The maximum Gasteiger partial charge on any atom is 0.0998 e. The lowest BCUT2D eigenvalue weighted by molar-refractivity contribution is 0.949. The van der Waals surface area contributed by atoms with Crippen molar-refractivity contribution in [2.24, 2.45) is 0 Å². The van der Waals surface area contributed by atoms with E-state index in [9.17, 15) is 5.26 Å². The molecule has 0 amide bonds. The fourth-order valence-corrected chi connectivity index (χ4v) is 3.46. The van der Waals surface area contributed by atoms with Gasteiger partial charge in [-0.15, -0.1) is 0 Å². The molecule has 3 aromatic carbocycles. The summed E-state index contributed by atoms with van der Waals surface area (Å²) in [5, 5.41) is 12.0. The van der Waals surface area contributed by atoms with Crippen molar-refractivity contribution >= 4 is 28.1 Å². The minimum atomic E-state index is 0.694. The number of anilines is 1. The van der Waals surface area contributed by atoms with Crippen molar-refractivity contribution in [3.05, 3.63) is 77.9 Å². The average molecular weight is 324 g/mol. The first kappa shape index (κ1) is 15.5. The highest BCUT2D eigenvalue weighted by Gasteiger charge is 2.11. The summed E-state index contributed by atoms with van der Waals surface area (Å²) in [5.74, 6) is 0. The van der Waals surface area contributed by atoms with E-state index in [0.717, 1.165) is 29.6 Å². The van der Waals surface area contributed by atoms with Crippen molar-refractivity contribution in [1.82, 2.24) is 0 Å². The van der Waals surface area contributed by atoms with Crippen LogP contribution >= 0.6 is 0 Å². The summed E-state index contributed by atoms with van der Waals surface area (Å²) in [6, 6.07) is 25.3. The van der Waals surface area contributed by atoms with E-state index in [4.69, 9.17) is 0 Å². The number of hydrogen-bond donors (Lipinski definition) is 0. The molecular formula is C23H20N2. The largest absolute Gasteiger partial charge is 0.372 e. The Morgan fingerprint density at radius 2 is 1.60 bits per heavy atom. The molecule has 1 saturated heterocycles. The predicted octanol–water partition coefficient (Wildman–Crippen LogP) is 5.50. The van der Waals surface area contributed by atoms with Crippen LogP contribution in [0.2, 0.25) is 0 Å². The van der Waals surface area contributed by atoms with Gasteiger partial charge in [0, 0.05) is 18.8 Å². The standard InChI is InChI=1S/C23H20N2/c24-17-22(21-10-9-19-5-1-2-6-20(19)16-21)15-18-7-11-23(12-8-18)25-13-3-4-14-25/h1-2,5-12,15-16H,3-4,13-14H2. The fraction of sp³-hybridized carbons (Fsp3) is 0.174. The number of rotatable bonds is 3. The van der Waals surface area contributed by atoms with Gasteiger partial charge >= 0.3 is 0 Å². The second-order valence-electron chi connectivity index (χ2n) is 6.52. The fourth-order valence-electron chi connectivity index (χ4n) is 3.46. The Labute approximate surface area is 148 Å². The molecular weight excluding hydrogens is 304 g/mol. The Bertz CT molecular complexity index is 955. The van der Waals surface area contributed by atoms with Crippen LogP contribution in [-0.4, -0.2) is 13.1 Å². The zero-order valence-corrected chi connectivity index (χ0v) is 14.2. The van der Waals surface area contributed by atoms with Gasteiger partial charge in [-0.1, -0.05) is 48.5 Å². The van der Waals surface area contributed by atoms with E-state index in [1.807, 2.05) is 24.3 Å². The first-order valence-electron chi connectivity index (χ1n) is 8.79. The van der Waals surface area contributed by atoms with Crippen molar-refractivity contribution in [1.29, 1.82) is 5.26 Å². The van der Waals surface area contributed by atoms with Gasteiger partial charge in [-0.3, -0.25) is 0 Å². The number of nitriles is 1. The van der Waals surface area contributed by atoms with Crippen LogP contribution in [0.4, 0.5) is 5.69 Å². The Hall–Kier alpha value is -3.05. The molecule has 1 aliphatic heterocycles. The first-order chi connectivity index (χ1) is 12.3. The average Bonchev–Trinajstić information content (AvgIpc) is 3.21. The zero-order valence-electron chi connectivity index (χ0n) is 14.2. The van der Waals surface area contributed by atoms with E-state index in [-0.39, 0.29) is 0 Å². The van der Waals surface area contributed by atoms with Gasteiger partial charge in [0.2, 0.25) is 0 Å². The number of fused-ring (bicyclic) bond motifs is 1. The third-order valence-electron chi connectivity index (χ3n) is 4.86. The number of nitrogens with zero attached hydrogens (tertiary/aromatic N) is 2. The molecule has 122 valence electrons. The molecule has 1 aliphatic rings. The third-order valence-corrected chi connectivity index (χ3v) is 4.86. The molecule has 0 unspecified atom stereocenters. The summed E-state index contributed by atoms with van der Waals surface area (Å²) in [7, 11) is 0. The summed E-state index contributed by atoms with van der Waals surface area (Å²) >= 11 is 0. The van der Waals surface area contributed by atoms with Gasteiger partial charge in [0.1, 0.15) is 0 Å². The summed E-state index contributed by atoms with van der Waals surface area (Å²) < 4.78 is 0. The van der Waals surface area contributed by atoms with Crippen LogP contribution in [0.25, 0.3) is 22.4 Å². The second-order valence-corrected chi connectivity index (χ2v) is 6.52. The van der Waals surface area contributed by atoms with Crippen molar-refractivity contribution in [2.45, 2.75) is 12.8 Å². The van der Waals surface area contributed by atoms with Crippen LogP contribution in [0, 0.1) is 11.3 Å². The van der Waals surface area contributed by atoms with Crippen LogP contribution in [0.5, 0.6) is 0 Å². The molecule has 2 nitrogen and oxygen atoms in total. The van der Waals surface area contributed by atoms with Crippen molar-refractivity contribution in [3.63, 3.8) is 0 Å². The SMILES string of the molecule is N#CC(=Cc1ccc(N2CCCC2)cc1)c1ccc2ccccc2c1. The van der Waals surface area contributed by atoms with Gasteiger partial charge in [-0.25, -0.2) is 0 Å². The second kappa shape index (κ2) is 6.83. The highest BCUT2D eigenvalue weighted by Crippen LogP contribution is 2.25. The highest BCUT2D eigenvalue weighted by atomic mass is 15.1. The van der Waals surface area contributed by atoms with Crippen LogP contribution in [0.15, 0.2) is 66.7 Å². The zero-order chi connectivity index (χ0) is 17.1. The molecule has 0 saturated carbocycles. The maximum absolute atomic E-state index is 9.61. The van der Waals surface area contributed by atoms with E-state index in [1.165, 1.54) is 23.9 Å². The third kappa shape index (κ3) is 3.27. The Morgan fingerprint density at radius 3 is 2.32 bits per heavy atom. The van der Waals surface area contributed by atoms with Gasteiger partial charge in [-0.05, 0) is 59.0 Å². The molecule has 1 fully saturated rings. The summed E-state index contributed by atoms with van der Waals surface area (Å²) in [6.07, 6.45) is 4.53. The Kier molecular flexibility index (Phi) is 4.23. The summed E-state index contributed by atoms with van der Waals surface area (Å²) in [6.45, 7) is 2.30. The van der Waals surface area contributed by atoms with Crippen LogP contribution in [-0.2, 0) is 0 Å². The smallest absolute Gasteiger partial charge is 0.0998 e. The van der Waals surface area contributed by atoms with E-state index >= 15 is 0 Å². The van der Waals surface area contributed by atoms with Gasteiger partial charge in [0.25, 0.3) is 0 Å². The normalized spacial score (nSPS) is 14.7. The van der Waals surface area contributed by atoms with Crippen molar-refractivity contribution in [2.75, 3.05) is 18.0 Å². The van der Waals surface area contributed by atoms with Gasteiger partial charge in [-0.2, -0.15) is 5.26 Å².